The van der Waals surface area contributed by atoms with E-state index in [1.165, 1.54) is 0 Å². The molecule has 0 atom stereocenters. The third-order valence-corrected chi connectivity index (χ3v) is 2.30. The van der Waals surface area contributed by atoms with Crippen LogP contribution in [0.5, 0.6) is 0 Å². The van der Waals surface area contributed by atoms with E-state index in [-0.39, 0.29) is 30.5 Å². The minimum Gasteiger partial charge on any atom is -0.444 e. The van der Waals surface area contributed by atoms with Crippen molar-refractivity contribution < 1.29 is 14.0 Å². The molecule has 1 rings (SSSR count). The van der Waals surface area contributed by atoms with E-state index < -0.39 is 0 Å². The molecule has 0 aromatic carbocycles. The monoisotopic (exact) mass is 300 g/mol. The van der Waals surface area contributed by atoms with Crippen LogP contribution in [0.15, 0.2) is 33.9 Å². The average Bonchev–Trinajstić information content (AvgIpc) is 2.73. The van der Waals surface area contributed by atoms with Crippen molar-refractivity contribution in [3.8, 4) is 0 Å². The van der Waals surface area contributed by atoms with Gasteiger partial charge in [-0.3, -0.25) is 9.59 Å². The number of hydrogen-bond acceptors (Lipinski definition) is 3. The van der Waals surface area contributed by atoms with E-state index in [2.05, 4.69) is 33.1 Å². The molecule has 2 amide bonds. The van der Waals surface area contributed by atoms with Gasteiger partial charge in [-0.1, -0.05) is 6.08 Å². The van der Waals surface area contributed by atoms with Crippen molar-refractivity contribution in [2.45, 2.75) is 6.42 Å². The third-order valence-electron chi connectivity index (χ3n) is 1.88. The second kappa shape index (κ2) is 6.90. The lowest BCUT2D eigenvalue weighted by atomic mass is 10.3. The van der Waals surface area contributed by atoms with Gasteiger partial charge in [-0.15, -0.1) is 6.58 Å². The van der Waals surface area contributed by atoms with Gasteiger partial charge in [0, 0.05) is 19.5 Å². The van der Waals surface area contributed by atoms with E-state index in [1.807, 2.05) is 0 Å². The van der Waals surface area contributed by atoms with Crippen molar-refractivity contribution in [3.05, 3.63) is 35.2 Å². The normalized spacial score (nSPS) is 9.71. The molecule has 0 radical (unpaired) electrons. The lowest BCUT2D eigenvalue weighted by molar-refractivity contribution is -0.120. The van der Waals surface area contributed by atoms with Crippen LogP contribution in [0.4, 0.5) is 0 Å². The summed E-state index contributed by atoms with van der Waals surface area (Å²) in [6, 6.07) is 3.18. The molecule has 92 valence electrons. The fourth-order valence-electron chi connectivity index (χ4n) is 1.09. The number of rotatable bonds is 6. The molecule has 0 saturated carbocycles. The molecule has 1 aromatic heterocycles. The third kappa shape index (κ3) is 4.86. The smallest absolute Gasteiger partial charge is 0.287 e. The van der Waals surface area contributed by atoms with Crippen molar-refractivity contribution in [3.63, 3.8) is 0 Å². The highest BCUT2D eigenvalue weighted by molar-refractivity contribution is 9.10. The van der Waals surface area contributed by atoms with Gasteiger partial charge in [-0.25, -0.2) is 0 Å². The summed E-state index contributed by atoms with van der Waals surface area (Å²) in [5.41, 5.74) is 0. The maximum atomic E-state index is 11.5. The molecule has 0 aliphatic rings. The Balaban J connectivity index is 2.25. The summed E-state index contributed by atoms with van der Waals surface area (Å²) >= 11 is 3.10. The van der Waals surface area contributed by atoms with Gasteiger partial charge >= 0.3 is 0 Å². The van der Waals surface area contributed by atoms with Gasteiger partial charge in [0.25, 0.3) is 5.91 Å². The molecular weight excluding hydrogens is 288 g/mol. The van der Waals surface area contributed by atoms with Gasteiger partial charge in [-0.2, -0.15) is 0 Å². The number of carbonyl (C=O) groups is 2. The molecule has 0 aliphatic carbocycles. The van der Waals surface area contributed by atoms with Crippen LogP contribution in [0.25, 0.3) is 0 Å². The Morgan fingerprint density at radius 2 is 2.18 bits per heavy atom. The molecule has 17 heavy (non-hydrogen) atoms. The van der Waals surface area contributed by atoms with Crippen molar-refractivity contribution in [1.82, 2.24) is 10.6 Å². The highest BCUT2D eigenvalue weighted by atomic mass is 79.9. The number of furan rings is 1. The number of carbonyl (C=O) groups excluding carboxylic acids is 2. The van der Waals surface area contributed by atoms with Crippen LogP contribution >= 0.6 is 15.9 Å². The molecule has 0 fully saturated rings. The van der Waals surface area contributed by atoms with Crippen LogP contribution in [0.3, 0.4) is 0 Å². The van der Waals surface area contributed by atoms with Gasteiger partial charge in [0.05, 0.1) is 0 Å². The molecule has 6 heteroatoms. The first-order valence-corrected chi connectivity index (χ1v) is 5.84. The zero-order chi connectivity index (χ0) is 12.7. The van der Waals surface area contributed by atoms with Crippen LogP contribution in [-0.4, -0.2) is 24.9 Å². The number of nitrogens with one attached hydrogen (secondary N) is 2. The summed E-state index contributed by atoms with van der Waals surface area (Å²) in [6.45, 7) is 4.17. The first-order valence-electron chi connectivity index (χ1n) is 5.04. The minimum atomic E-state index is -0.341. The quantitative estimate of drug-likeness (QED) is 0.782. The molecule has 0 saturated heterocycles. The number of hydrogen-bond donors (Lipinski definition) is 2. The lowest BCUT2D eigenvalue weighted by Crippen LogP contribution is -2.30. The Kier molecular flexibility index (Phi) is 5.48. The zero-order valence-electron chi connectivity index (χ0n) is 9.16. The second-order valence-corrected chi connectivity index (χ2v) is 3.98. The van der Waals surface area contributed by atoms with Crippen LogP contribution in [-0.2, 0) is 4.79 Å². The van der Waals surface area contributed by atoms with Crippen LogP contribution in [0, 0.1) is 0 Å². The van der Waals surface area contributed by atoms with E-state index >= 15 is 0 Å². The summed E-state index contributed by atoms with van der Waals surface area (Å²) in [7, 11) is 0. The maximum absolute atomic E-state index is 11.5. The largest absolute Gasteiger partial charge is 0.444 e. The van der Waals surface area contributed by atoms with Crippen molar-refractivity contribution >= 4 is 27.7 Å². The topological polar surface area (TPSA) is 71.3 Å². The molecule has 0 bridgehead atoms. The fraction of sp³-hybridized carbons (Fsp3) is 0.273. The van der Waals surface area contributed by atoms with Gasteiger partial charge in [-0.05, 0) is 28.1 Å². The Morgan fingerprint density at radius 1 is 1.41 bits per heavy atom. The predicted octanol–water partition coefficient (Wildman–Crippen LogP) is 1.46. The average molecular weight is 301 g/mol. The Labute approximate surface area is 107 Å². The SMILES string of the molecule is C=CCNC(=O)CCNC(=O)c1ccc(Br)o1. The molecular formula is C11H13BrN2O3. The zero-order valence-corrected chi connectivity index (χ0v) is 10.7. The summed E-state index contributed by atoms with van der Waals surface area (Å²) in [5, 5.41) is 5.19. The molecule has 5 nitrogen and oxygen atoms in total. The molecule has 0 unspecified atom stereocenters. The summed E-state index contributed by atoms with van der Waals surface area (Å²) in [6.07, 6.45) is 1.82. The second-order valence-electron chi connectivity index (χ2n) is 3.20. The number of amides is 2. The molecule has 1 heterocycles. The van der Waals surface area contributed by atoms with Gasteiger partial charge < -0.3 is 15.1 Å². The first-order chi connectivity index (χ1) is 8.13. The Morgan fingerprint density at radius 3 is 2.76 bits per heavy atom. The minimum absolute atomic E-state index is 0.133. The molecule has 1 aromatic rings. The highest BCUT2D eigenvalue weighted by Crippen LogP contribution is 2.13. The molecule has 0 aliphatic heterocycles. The van der Waals surface area contributed by atoms with E-state index in [0.717, 1.165) is 0 Å². The van der Waals surface area contributed by atoms with E-state index in [4.69, 9.17) is 4.42 Å². The van der Waals surface area contributed by atoms with E-state index in [1.54, 1.807) is 18.2 Å². The molecule has 0 spiro atoms. The fourth-order valence-corrected chi connectivity index (χ4v) is 1.39. The molecule has 2 N–H and O–H groups in total. The lowest BCUT2D eigenvalue weighted by Gasteiger charge is -2.03. The van der Waals surface area contributed by atoms with E-state index in [0.29, 0.717) is 11.2 Å². The predicted molar refractivity (Wildman–Crippen MR) is 66.6 cm³/mol. The van der Waals surface area contributed by atoms with Gasteiger partial charge in [0.2, 0.25) is 5.91 Å². The first kappa shape index (κ1) is 13.5. The van der Waals surface area contributed by atoms with Crippen LogP contribution < -0.4 is 10.6 Å². The van der Waals surface area contributed by atoms with Crippen LogP contribution in [0.2, 0.25) is 0 Å². The highest BCUT2D eigenvalue weighted by Gasteiger charge is 2.10. The summed E-state index contributed by atoms with van der Waals surface area (Å²) < 4.78 is 5.55. The Bertz CT molecular complexity index is 415. The maximum Gasteiger partial charge on any atom is 0.287 e. The standard InChI is InChI=1S/C11H13BrN2O3/c1-2-6-13-10(15)5-7-14-11(16)8-3-4-9(12)17-8/h2-4H,1,5-7H2,(H,13,15)(H,14,16). The van der Waals surface area contributed by atoms with Crippen molar-refractivity contribution in [2.24, 2.45) is 0 Å². The van der Waals surface area contributed by atoms with E-state index in [9.17, 15) is 9.59 Å². The van der Waals surface area contributed by atoms with Crippen LogP contribution in [0.1, 0.15) is 17.0 Å². The summed E-state index contributed by atoms with van der Waals surface area (Å²) in [5.74, 6) is -0.263. The number of halogens is 1. The van der Waals surface area contributed by atoms with Crippen molar-refractivity contribution in [2.75, 3.05) is 13.1 Å². The van der Waals surface area contributed by atoms with Crippen molar-refractivity contribution in [1.29, 1.82) is 0 Å². The van der Waals surface area contributed by atoms with Gasteiger partial charge in [0.15, 0.2) is 10.4 Å². The summed E-state index contributed by atoms with van der Waals surface area (Å²) in [4.78, 5) is 22.7. The van der Waals surface area contributed by atoms with Gasteiger partial charge in [0.1, 0.15) is 0 Å². The Hall–Kier alpha value is -1.56.